The number of nitrogens with zero attached hydrogens (tertiary/aromatic N) is 1. The van der Waals surface area contributed by atoms with Crippen LogP contribution in [0.3, 0.4) is 0 Å². The normalized spacial score (nSPS) is 19.8. The van der Waals surface area contributed by atoms with E-state index >= 15 is 0 Å². The second-order valence-corrected chi connectivity index (χ2v) is 4.78. The van der Waals surface area contributed by atoms with Crippen LogP contribution >= 0.6 is 0 Å². The monoisotopic (exact) mass is 248 g/mol. The number of amides is 1. The molecule has 2 rings (SSSR count). The van der Waals surface area contributed by atoms with Crippen molar-refractivity contribution in [1.29, 1.82) is 0 Å². The third kappa shape index (κ3) is 2.48. The Bertz CT molecular complexity index is 445. The summed E-state index contributed by atoms with van der Waals surface area (Å²) in [5.74, 6) is 0.00790. The van der Waals surface area contributed by atoms with Crippen LogP contribution in [-0.2, 0) is 4.79 Å². The quantitative estimate of drug-likeness (QED) is 0.838. The van der Waals surface area contributed by atoms with E-state index in [9.17, 15) is 4.79 Å². The van der Waals surface area contributed by atoms with Gasteiger partial charge in [0.1, 0.15) is 6.04 Å². The lowest BCUT2D eigenvalue weighted by atomic mass is 10.0. The first-order chi connectivity index (χ1) is 8.63. The van der Waals surface area contributed by atoms with Crippen molar-refractivity contribution in [2.45, 2.75) is 26.3 Å². The van der Waals surface area contributed by atoms with Crippen molar-refractivity contribution < 1.29 is 9.90 Å². The molecule has 4 nitrogen and oxygen atoms in total. The largest absolute Gasteiger partial charge is 0.396 e. The zero-order valence-electron chi connectivity index (χ0n) is 10.9. The van der Waals surface area contributed by atoms with E-state index in [4.69, 9.17) is 5.11 Å². The highest BCUT2D eigenvalue weighted by atomic mass is 16.3. The number of hydrogen-bond acceptors (Lipinski definition) is 3. The summed E-state index contributed by atoms with van der Waals surface area (Å²) >= 11 is 0. The molecular formula is C14H20N2O2. The zero-order valence-corrected chi connectivity index (χ0v) is 10.9. The molecule has 1 atom stereocenters. The van der Waals surface area contributed by atoms with Gasteiger partial charge in [0, 0.05) is 25.4 Å². The molecule has 2 N–H and O–H groups in total. The highest BCUT2D eigenvalue weighted by Crippen LogP contribution is 2.23. The smallest absolute Gasteiger partial charge is 0.242 e. The zero-order chi connectivity index (χ0) is 13.1. The number of anilines is 1. The van der Waals surface area contributed by atoms with Crippen molar-refractivity contribution in [2.75, 3.05) is 24.6 Å². The molecule has 0 bridgehead atoms. The summed E-state index contributed by atoms with van der Waals surface area (Å²) in [6.07, 6.45) is 0.471. The first-order valence-corrected chi connectivity index (χ1v) is 6.36. The van der Waals surface area contributed by atoms with E-state index in [1.54, 1.807) is 0 Å². The summed E-state index contributed by atoms with van der Waals surface area (Å²) in [6.45, 7) is 5.63. The van der Waals surface area contributed by atoms with Crippen LogP contribution < -0.4 is 10.2 Å². The fourth-order valence-corrected chi connectivity index (χ4v) is 2.34. The number of rotatable bonds is 3. The number of benzene rings is 1. The molecule has 1 aromatic rings. The minimum absolute atomic E-state index is 0.00790. The van der Waals surface area contributed by atoms with Crippen molar-refractivity contribution in [2.24, 2.45) is 0 Å². The van der Waals surface area contributed by atoms with Crippen molar-refractivity contribution >= 4 is 11.6 Å². The number of carbonyl (C=O) groups excluding carboxylic acids is 1. The van der Waals surface area contributed by atoms with Gasteiger partial charge in [0.15, 0.2) is 0 Å². The summed E-state index contributed by atoms with van der Waals surface area (Å²) < 4.78 is 0. The van der Waals surface area contributed by atoms with E-state index < -0.39 is 0 Å². The van der Waals surface area contributed by atoms with E-state index in [0.717, 1.165) is 12.2 Å². The molecule has 1 saturated heterocycles. The maximum absolute atomic E-state index is 11.9. The molecule has 98 valence electrons. The molecule has 1 amide bonds. The van der Waals surface area contributed by atoms with Crippen molar-refractivity contribution in [1.82, 2.24) is 5.32 Å². The van der Waals surface area contributed by atoms with Crippen molar-refractivity contribution in [3.8, 4) is 0 Å². The van der Waals surface area contributed by atoms with Gasteiger partial charge in [0.05, 0.1) is 0 Å². The Morgan fingerprint density at radius 3 is 2.83 bits per heavy atom. The molecule has 0 aromatic heterocycles. The summed E-state index contributed by atoms with van der Waals surface area (Å²) in [5.41, 5.74) is 3.53. The van der Waals surface area contributed by atoms with E-state index in [1.165, 1.54) is 11.1 Å². The van der Waals surface area contributed by atoms with Gasteiger partial charge in [-0.3, -0.25) is 4.79 Å². The molecule has 1 fully saturated rings. The van der Waals surface area contributed by atoms with Gasteiger partial charge in [-0.15, -0.1) is 0 Å². The van der Waals surface area contributed by atoms with E-state index in [-0.39, 0.29) is 18.6 Å². The predicted octanol–water partition coefficient (Wildman–Crippen LogP) is 0.991. The third-order valence-corrected chi connectivity index (χ3v) is 3.56. The molecule has 1 unspecified atom stereocenters. The predicted molar refractivity (Wildman–Crippen MR) is 71.8 cm³/mol. The Morgan fingerprint density at radius 1 is 1.39 bits per heavy atom. The number of hydrogen-bond donors (Lipinski definition) is 2. The molecule has 0 aliphatic carbocycles. The van der Waals surface area contributed by atoms with Gasteiger partial charge in [0.25, 0.3) is 0 Å². The van der Waals surface area contributed by atoms with Crippen molar-refractivity contribution in [3.05, 3.63) is 29.3 Å². The number of piperazine rings is 1. The average Bonchev–Trinajstić information content (AvgIpc) is 2.35. The standard InChI is InChI=1S/C14H20N2O2/c1-10-3-4-12(9-11(10)2)16-7-6-15-14(18)13(16)5-8-17/h3-4,9,13,17H,5-8H2,1-2H3,(H,15,18). The fraction of sp³-hybridized carbons (Fsp3) is 0.500. The summed E-state index contributed by atoms with van der Waals surface area (Å²) in [6, 6.07) is 5.97. The minimum atomic E-state index is -0.258. The van der Waals surface area contributed by atoms with Crippen LogP contribution in [0.4, 0.5) is 5.69 Å². The second-order valence-electron chi connectivity index (χ2n) is 4.78. The van der Waals surface area contributed by atoms with Gasteiger partial charge in [-0.05, 0) is 43.5 Å². The van der Waals surface area contributed by atoms with Crippen LogP contribution in [-0.4, -0.2) is 36.8 Å². The number of aryl methyl sites for hydroxylation is 2. The number of aliphatic hydroxyl groups excluding tert-OH is 1. The third-order valence-electron chi connectivity index (χ3n) is 3.56. The molecule has 0 spiro atoms. The molecule has 4 heteroatoms. The van der Waals surface area contributed by atoms with E-state index in [0.29, 0.717) is 13.0 Å². The number of nitrogens with one attached hydrogen (secondary N) is 1. The van der Waals surface area contributed by atoms with Gasteiger partial charge in [-0.2, -0.15) is 0 Å². The van der Waals surface area contributed by atoms with Crippen LogP contribution in [0, 0.1) is 13.8 Å². The van der Waals surface area contributed by atoms with Crippen LogP contribution in [0.25, 0.3) is 0 Å². The molecule has 1 aliphatic heterocycles. The number of carbonyl (C=O) groups is 1. The highest BCUT2D eigenvalue weighted by molar-refractivity contribution is 5.86. The Hall–Kier alpha value is -1.55. The Kier molecular flexibility index (Phi) is 3.87. The highest BCUT2D eigenvalue weighted by Gasteiger charge is 2.29. The first-order valence-electron chi connectivity index (χ1n) is 6.36. The Balaban J connectivity index is 2.28. The summed E-state index contributed by atoms with van der Waals surface area (Å²) in [5, 5.41) is 11.9. The molecule has 18 heavy (non-hydrogen) atoms. The lowest BCUT2D eigenvalue weighted by Gasteiger charge is -2.36. The van der Waals surface area contributed by atoms with Gasteiger partial charge in [-0.1, -0.05) is 6.07 Å². The van der Waals surface area contributed by atoms with Crippen LogP contribution in [0.1, 0.15) is 17.5 Å². The van der Waals surface area contributed by atoms with Crippen LogP contribution in [0.5, 0.6) is 0 Å². The minimum Gasteiger partial charge on any atom is -0.396 e. The topological polar surface area (TPSA) is 52.6 Å². The molecule has 0 radical (unpaired) electrons. The van der Waals surface area contributed by atoms with Gasteiger partial charge in [-0.25, -0.2) is 0 Å². The maximum atomic E-state index is 11.9. The molecule has 1 aliphatic rings. The summed E-state index contributed by atoms with van der Waals surface area (Å²) in [4.78, 5) is 13.9. The maximum Gasteiger partial charge on any atom is 0.242 e. The molecule has 1 aromatic carbocycles. The van der Waals surface area contributed by atoms with Crippen LogP contribution in [0.15, 0.2) is 18.2 Å². The molecular weight excluding hydrogens is 228 g/mol. The van der Waals surface area contributed by atoms with Gasteiger partial charge >= 0.3 is 0 Å². The lowest BCUT2D eigenvalue weighted by molar-refractivity contribution is -0.123. The lowest BCUT2D eigenvalue weighted by Crippen LogP contribution is -2.55. The Labute approximate surface area is 108 Å². The average molecular weight is 248 g/mol. The van der Waals surface area contributed by atoms with Crippen molar-refractivity contribution in [3.63, 3.8) is 0 Å². The first kappa shape index (κ1) is 12.9. The second kappa shape index (κ2) is 5.40. The van der Waals surface area contributed by atoms with E-state index in [2.05, 4.69) is 36.2 Å². The van der Waals surface area contributed by atoms with E-state index in [1.807, 2.05) is 6.07 Å². The summed E-state index contributed by atoms with van der Waals surface area (Å²) in [7, 11) is 0. The molecule has 1 heterocycles. The SMILES string of the molecule is Cc1ccc(N2CCNC(=O)C2CCO)cc1C. The Morgan fingerprint density at radius 2 is 2.17 bits per heavy atom. The fourth-order valence-electron chi connectivity index (χ4n) is 2.34. The molecule has 0 saturated carbocycles. The van der Waals surface area contributed by atoms with Gasteiger partial charge in [0.2, 0.25) is 5.91 Å². The van der Waals surface area contributed by atoms with Gasteiger partial charge < -0.3 is 15.3 Å². The van der Waals surface area contributed by atoms with Crippen LogP contribution in [0.2, 0.25) is 0 Å². The number of aliphatic hydroxyl groups is 1.